The lowest BCUT2D eigenvalue weighted by molar-refractivity contribution is -0.0926. The third-order valence-electron chi connectivity index (χ3n) is 7.20. The highest BCUT2D eigenvalue weighted by Crippen LogP contribution is 2.49. The molecule has 2 aromatic carbocycles. The predicted molar refractivity (Wildman–Crippen MR) is 140 cm³/mol. The number of benzene rings is 2. The highest BCUT2D eigenvalue weighted by molar-refractivity contribution is 6.32. The number of rotatable bonds is 10. The number of nitrogens with zero attached hydrogens (tertiary/aromatic N) is 1. The van der Waals surface area contributed by atoms with Crippen molar-refractivity contribution in [3.8, 4) is 5.75 Å². The van der Waals surface area contributed by atoms with Gasteiger partial charge in [-0.2, -0.15) is 0 Å². The summed E-state index contributed by atoms with van der Waals surface area (Å²) in [7, 11) is 0. The molecule has 1 heterocycles. The van der Waals surface area contributed by atoms with Crippen LogP contribution in [0.5, 0.6) is 5.75 Å². The van der Waals surface area contributed by atoms with Crippen LogP contribution in [0.3, 0.4) is 0 Å². The summed E-state index contributed by atoms with van der Waals surface area (Å²) in [6.45, 7) is 7.75. The second-order valence-electron chi connectivity index (χ2n) is 9.86. The Morgan fingerprint density at radius 1 is 1.20 bits per heavy atom. The van der Waals surface area contributed by atoms with E-state index in [1.54, 1.807) is 18.2 Å². The van der Waals surface area contributed by atoms with E-state index in [2.05, 4.69) is 43.0 Å². The van der Waals surface area contributed by atoms with Crippen LogP contribution in [0.2, 0.25) is 5.02 Å². The topological polar surface area (TPSA) is 59.0 Å². The normalized spacial score (nSPS) is 23.8. The molecule has 1 aliphatic carbocycles. The molecule has 2 atom stereocenters. The van der Waals surface area contributed by atoms with Crippen LogP contribution in [-0.4, -0.2) is 60.8 Å². The molecule has 5 nitrogen and oxygen atoms in total. The Kier molecular flexibility index (Phi) is 8.12. The number of carbonyl (C=O) groups is 1. The lowest BCUT2D eigenvalue weighted by atomic mass is 9.65. The summed E-state index contributed by atoms with van der Waals surface area (Å²) in [5.41, 5.74) is 1.70. The molecule has 186 valence electrons. The fourth-order valence-corrected chi connectivity index (χ4v) is 5.21. The molecule has 0 saturated carbocycles. The summed E-state index contributed by atoms with van der Waals surface area (Å²) < 4.78 is 12.9. The predicted octanol–water partition coefficient (Wildman–Crippen LogP) is 5.42. The third-order valence-corrected chi connectivity index (χ3v) is 7.50. The van der Waals surface area contributed by atoms with Crippen LogP contribution >= 0.6 is 11.6 Å². The molecule has 0 amide bonds. The Bertz CT molecular complexity index is 1080. The summed E-state index contributed by atoms with van der Waals surface area (Å²) in [4.78, 5) is 13.4. The van der Waals surface area contributed by atoms with E-state index in [4.69, 9.17) is 21.1 Å². The number of aldehydes is 1. The molecule has 1 aliphatic heterocycles. The van der Waals surface area contributed by atoms with Crippen LogP contribution in [0.25, 0.3) is 5.57 Å². The van der Waals surface area contributed by atoms with Crippen molar-refractivity contribution in [1.29, 1.82) is 0 Å². The van der Waals surface area contributed by atoms with Crippen molar-refractivity contribution in [3.63, 3.8) is 0 Å². The Morgan fingerprint density at radius 2 is 2.00 bits per heavy atom. The van der Waals surface area contributed by atoms with Crippen LogP contribution in [-0.2, 0) is 4.74 Å². The Labute approximate surface area is 213 Å². The SMILES string of the molecule is CC1(C)C(c2ccccc2)=CC=C[C@@]1(COc1ccc(C=O)cc1Cl)OCCCN1CCC(O)C1. The van der Waals surface area contributed by atoms with Crippen molar-refractivity contribution in [2.24, 2.45) is 5.41 Å². The van der Waals surface area contributed by atoms with E-state index in [0.29, 0.717) is 22.9 Å². The Morgan fingerprint density at radius 3 is 2.69 bits per heavy atom. The van der Waals surface area contributed by atoms with Gasteiger partial charge in [0.2, 0.25) is 0 Å². The third kappa shape index (κ3) is 5.70. The van der Waals surface area contributed by atoms with Crippen molar-refractivity contribution in [3.05, 3.63) is 82.9 Å². The van der Waals surface area contributed by atoms with E-state index >= 15 is 0 Å². The Hall–Kier alpha value is -2.44. The molecule has 6 heteroatoms. The molecule has 0 bridgehead atoms. The van der Waals surface area contributed by atoms with Gasteiger partial charge in [-0.15, -0.1) is 0 Å². The molecule has 0 aromatic heterocycles. The summed E-state index contributed by atoms with van der Waals surface area (Å²) in [6.07, 6.45) is 8.53. The first-order chi connectivity index (χ1) is 16.8. The van der Waals surface area contributed by atoms with Crippen LogP contribution in [0.1, 0.15) is 42.6 Å². The van der Waals surface area contributed by atoms with Gasteiger partial charge in [-0.25, -0.2) is 0 Å². The van der Waals surface area contributed by atoms with Crippen molar-refractivity contribution >= 4 is 23.5 Å². The van der Waals surface area contributed by atoms with Gasteiger partial charge in [-0.1, -0.05) is 67.9 Å². The quantitative estimate of drug-likeness (QED) is 0.352. The van der Waals surface area contributed by atoms with Gasteiger partial charge in [-0.3, -0.25) is 4.79 Å². The zero-order valence-electron chi connectivity index (χ0n) is 20.5. The van der Waals surface area contributed by atoms with E-state index in [1.807, 2.05) is 24.3 Å². The molecule has 1 fully saturated rings. The number of ether oxygens (including phenoxy) is 2. The molecule has 35 heavy (non-hydrogen) atoms. The zero-order chi connectivity index (χ0) is 24.9. The summed E-state index contributed by atoms with van der Waals surface area (Å²) in [6, 6.07) is 15.4. The number of carbonyl (C=O) groups excluding carboxylic acids is 1. The lowest BCUT2D eigenvalue weighted by Gasteiger charge is -2.47. The maximum Gasteiger partial charge on any atom is 0.150 e. The number of likely N-dealkylation sites (tertiary alicyclic amines) is 1. The largest absolute Gasteiger partial charge is 0.489 e. The number of halogens is 1. The number of allylic oxidation sites excluding steroid dienone is 2. The summed E-state index contributed by atoms with van der Waals surface area (Å²) in [5.74, 6) is 0.520. The van der Waals surface area contributed by atoms with Crippen molar-refractivity contribution in [1.82, 2.24) is 4.90 Å². The molecular weight excluding hydrogens is 462 g/mol. The highest BCUT2D eigenvalue weighted by Gasteiger charge is 2.49. The summed E-state index contributed by atoms with van der Waals surface area (Å²) >= 11 is 6.40. The molecule has 1 saturated heterocycles. The molecule has 1 unspecified atom stereocenters. The summed E-state index contributed by atoms with van der Waals surface area (Å²) in [5, 5.41) is 10.2. The van der Waals surface area contributed by atoms with E-state index in [-0.39, 0.29) is 12.7 Å². The molecule has 1 N–H and O–H groups in total. The maximum absolute atomic E-state index is 11.1. The zero-order valence-corrected chi connectivity index (χ0v) is 21.2. The molecule has 0 spiro atoms. The molecule has 2 aromatic rings. The second-order valence-corrected chi connectivity index (χ2v) is 10.3. The van der Waals surface area contributed by atoms with Gasteiger partial charge in [-0.05, 0) is 48.3 Å². The van der Waals surface area contributed by atoms with Gasteiger partial charge in [0.15, 0.2) is 0 Å². The minimum Gasteiger partial charge on any atom is -0.489 e. The second kappa shape index (κ2) is 11.1. The lowest BCUT2D eigenvalue weighted by Crippen LogP contribution is -2.52. The van der Waals surface area contributed by atoms with Gasteiger partial charge in [0.05, 0.1) is 11.1 Å². The molecule has 2 aliphatic rings. The van der Waals surface area contributed by atoms with E-state index in [9.17, 15) is 9.90 Å². The molecule has 4 rings (SSSR count). The minimum atomic E-state index is -0.732. The van der Waals surface area contributed by atoms with E-state index in [1.165, 1.54) is 5.57 Å². The van der Waals surface area contributed by atoms with Crippen molar-refractivity contribution in [2.45, 2.75) is 38.4 Å². The van der Waals surface area contributed by atoms with E-state index < -0.39 is 11.0 Å². The fourth-order valence-electron chi connectivity index (χ4n) is 4.97. The van der Waals surface area contributed by atoms with Gasteiger partial charge in [0.25, 0.3) is 0 Å². The average Bonchev–Trinajstić information content (AvgIpc) is 3.27. The first-order valence-electron chi connectivity index (χ1n) is 12.2. The number of β-amino-alcohol motifs (C(OH)–C–C–N with tert-alkyl or cyclic N) is 1. The van der Waals surface area contributed by atoms with Gasteiger partial charge in [0.1, 0.15) is 24.2 Å². The van der Waals surface area contributed by atoms with Crippen LogP contribution in [0.4, 0.5) is 0 Å². The van der Waals surface area contributed by atoms with Crippen LogP contribution in [0.15, 0.2) is 66.8 Å². The minimum absolute atomic E-state index is 0.218. The monoisotopic (exact) mass is 495 g/mol. The first kappa shape index (κ1) is 25.6. The standard InChI is InChI=1S/C29H34ClNO4/c1-28(2)25(23-8-4-3-5-9-23)10-6-14-29(28,35-17-7-15-31-16-13-24(33)19-31)21-34-27-12-11-22(20-32)18-26(27)30/h3-6,8-12,14,18,20,24,33H,7,13,15-17,19,21H2,1-2H3/t24?,29-/m0/s1. The highest BCUT2D eigenvalue weighted by atomic mass is 35.5. The number of hydrogen-bond donors (Lipinski definition) is 1. The van der Waals surface area contributed by atoms with Crippen LogP contribution in [0, 0.1) is 5.41 Å². The van der Waals surface area contributed by atoms with Gasteiger partial charge >= 0.3 is 0 Å². The first-order valence-corrected chi connectivity index (χ1v) is 12.6. The van der Waals surface area contributed by atoms with Crippen molar-refractivity contribution < 1.29 is 19.4 Å². The average molecular weight is 496 g/mol. The van der Waals surface area contributed by atoms with Gasteiger partial charge < -0.3 is 19.5 Å². The number of hydrogen-bond acceptors (Lipinski definition) is 5. The van der Waals surface area contributed by atoms with Gasteiger partial charge in [0, 0.05) is 37.2 Å². The molecule has 0 radical (unpaired) electrons. The van der Waals surface area contributed by atoms with E-state index in [0.717, 1.165) is 44.3 Å². The number of aliphatic hydroxyl groups excluding tert-OH is 1. The fraction of sp³-hybridized carbons (Fsp3) is 0.414. The smallest absolute Gasteiger partial charge is 0.150 e. The Balaban J connectivity index is 1.54. The maximum atomic E-state index is 11.1. The van der Waals surface area contributed by atoms with Crippen molar-refractivity contribution in [2.75, 3.05) is 32.8 Å². The number of aliphatic hydroxyl groups is 1. The van der Waals surface area contributed by atoms with Crippen LogP contribution < -0.4 is 4.74 Å². The molecular formula is C29H34ClNO4.